The number of halogens is 1. The second-order valence-corrected chi connectivity index (χ2v) is 7.49. The van der Waals surface area contributed by atoms with Crippen molar-refractivity contribution < 1.29 is 9.13 Å². The van der Waals surface area contributed by atoms with Crippen LogP contribution in [0.4, 0.5) is 15.9 Å². The fraction of sp³-hybridized carbons (Fsp3) is 0.286. The zero-order valence-electron chi connectivity index (χ0n) is 17.7. The topological polar surface area (TPSA) is 146 Å². The van der Waals surface area contributed by atoms with Crippen LogP contribution in [-0.4, -0.2) is 40.8 Å². The number of hydrazone groups is 1. The van der Waals surface area contributed by atoms with Gasteiger partial charge in [0.1, 0.15) is 5.82 Å². The molecule has 0 bridgehead atoms. The van der Waals surface area contributed by atoms with Crippen LogP contribution in [0, 0.1) is 5.82 Å². The monoisotopic (exact) mass is 439 g/mol. The molecular formula is C21H26FN9O. The van der Waals surface area contributed by atoms with Gasteiger partial charge in [-0.05, 0) is 44.1 Å². The molecule has 11 heteroatoms. The molecule has 1 aliphatic heterocycles. The minimum atomic E-state index is -0.568. The minimum Gasteiger partial charge on any atom is -0.494 e. The molecule has 7 N–H and O–H groups in total. The lowest BCUT2D eigenvalue weighted by molar-refractivity contribution is 0.343. The highest BCUT2D eigenvalue weighted by Crippen LogP contribution is 2.27. The molecule has 0 unspecified atom stereocenters. The minimum absolute atomic E-state index is 0.0994. The number of nitrogens with one attached hydrogen (secondary N) is 1. The number of nitrogen functional groups attached to an aromatic ring is 1. The van der Waals surface area contributed by atoms with E-state index in [0.29, 0.717) is 17.3 Å². The first-order valence-corrected chi connectivity index (χ1v) is 10.2. The maximum atomic E-state index is 14.2. The van der Waals surface area contributed by atoms with Gasteiger partial charge in [0.15, 0.2) is 17.4 Å². The molecular weight excluding hydrogens is 413 g/mol. The summed E-state index contributed by atoms with van der Waals surface area (Å²) in [5, 5.41) is 12.8. The fourth-order valence-corrected chi connectivity index (χ4v) is 3.76. The molecule has 10 nitrogen and oxygen atoms in total. The third kappa shape index (κ3) is 4.20. The Morgan fingerprint density at radius 2 is 2.03 bits per heavy atom. The lowest BCUT2D eigenvalue weighted by Crippen LogP contribution is -2.39. The van der Waals surface area contributed by atoms with Crippen molar-refractivity contribution in [3.63, 3.8) is 0 Å². The molecule has 1 fully saturated rings. The summed E-state index contributed by atoms with van der Waals surface area (Å²) in [5.74, 6) is 11.7. The third-order valence-electron chi connectivity index (χ3n) is 5.54. The molecule has 0 amide bonds. The van der Waals surface area contributed by atoms with Crippen LogP contribution in [-0.2, 0) is 0 Å². The molecule has 0 saturated carbocycles. The number of hydrogen-bond acceptors (Lipinski definition) is 8. The Hall–Kier alpha value is -3.70. The summed E-state index contributed by atoms with van der Waals surface area (Å²) in [6.45, 7) is 1.95. The van der Waals surface area contributed by atoms with Gasteiger partial charge in [-0.3, -0.25) is 9.69 Å². The molecule has 168 valence electrons. The average Bonchev–Trinajstić information content (AvgIpc) is 3.31. The van der Waals surface area contributed by atoms with Crippen molar-refractivity contribution in [1.82, 2.24) is 20.1 Å². The Kier molecular flexibility index (Phi) is 6.19. The van der Waals surface area contributed by atoms with Crippen LogP contribution in [0.5, 0.6) is 5.75 Å². The number of nitrogens with zero attached hydrogens (tertiary/aromatic N) is 5. The number of nitrogens with two attached hydrogens (primary N) is 3. The second kappa shape index (κ2) is 9.20. The molecule has 0 aliphatic carbocycles. The van der Waals surface area contributed by atoms with Crippen LogP contribution in [0.25, 0.3) is 11.1 Å². The molecule has 0 spiro atoms. The number of anilines is 2. The fourth-order valence-electron chi connectivity index (χ4n) is 3.76. The van der Waals surface area contributed by atoms with Gasteiger partial charge in [-0.25, -0.2) is 15.2 Å². The largest absolute Gasteiger partial charge is 0.494 e. The van der Waals surface area contributed by atoms with E-state index in [1.54, 1.807) is 24.5 Å². The van der Waals surface area contributed by atoms with Crippen molar-refractivity contribution >= 4 is 17.3 Å². The first-order chi connectivity index (χ1) is 15.5. The van der Waals surface area contributed by atoms with E-state index in [2.05, 4.69) is 20.5 Å². The van der Waals surface area contributed by atoms with Crippen molar-refractivity contribution in [3.8, 4) is 16.9 Å². The SMILES string of the molecule is COc1ccc(N(N)/C(=N\N)c2cc(-c3cnn(C4CCNCC4)c3)cnc2N)cc1F. The Balaban J connectivity index is 1.64. The molecule has 0 atom stereocenters. The smallest absolute Gasteiger partial charge is 0.177 e. The van der Waals surface area contributed by atoms with E-state index in [1.807, 2.05) is 10.9 Å². The van der Waals surface area contributed by atoms with Gasteiger partial charge in [-0.1, -0.05) is 0 Å². The van der Waals surface area contributed by atoms with E-state index in [-0.39, 0.29) is 17.4 Å². The van der Waals surface area contributed by atoms with Gasteiger partial charge in [-0.2, -0.15) is 10.2 Å². The van der Waals surface area contributed by atoms with Crippen LogP contribution < -0.4 is 32.5 Å². The Labute approximate surface area is 184 Å². The molecule has 1 aromatic carbocycles. The number of pyridine rings is 1. The molecule has 1 saturated heterocycles. The van der Waals surface area contributed by atoms with E-state index in [4.69, 9.17) is 22.2 Å². The summed E-state index contributed by atoms with van der Waals surface area (Å²) in [6, 6.07) is 6.42. The van der Waals surface area contributed by atoms with Crippen LogP contribution in [0.3, 0.4) is 0 Å². The first kappa shape index (κ1) is 21.5. The van der Waals surface area contributed by atoms with Crippen molar-refractivity contribution in [3.05, 3.63) is 54.2 Å². The summed E-state index contributed by atoms with van der Waals surface area (Å²) in [4.78, 5) is 4.29. The number of hydrazine groups is 1. The van der Waals surface area contributed by atoms with Gasteiger partial charge in [0.25, 0.3) is 0 Å². The molecule has 32 heavy (non-hydrogen) atoms. The van der Waals surface area contributed by atoms with Gasteiger partial charge in [0.05, 0.1) is 30.6 Å². The summed E-state index contributed by atoms with van der Waals surface area (Å²) in [5.41, 5.74) is 8.50. The van der Waals surface area contributed by atoms with E-state index in [1.165, 1.54) is 19.2 Å². The Morgan fingerprint density at radius 3 is 2.72 bits per heavy atom. The van der Waals surface area contributed by atoms with Gasteiger partial charge in [0.2, 0.25) is 0 Å². The van der Waals surface area contributed by atoms with Crippen molar-refractivity contribution in [2.45, 2.75) is 18.9 Å². The number of amidine groups is 1. The summed E-state index contributed by atoms with van der Waals surface area (Å²) in [7, 11) is 1.39. The second-order valence-electron chi connectivity index (χ2n) is 7.49. The predicted molar refractivity (Wildman–Crippen MR) is 121 cm³/mol. The highest BCUT2D eigenvalue weighted by atomic mass is 19.1. The van der Waals surface area contributed by atoms with E-state index in [0.717, 1.165) is 42.1 Å². The summed E-state index contributed by atoms with van der Waals surface area (Å²) >= 11 is 0. The number of benzene rings is 1. The maximum absolute atomic E-state index is 14.2. The maximum Gasteiger partial charge on any atom is 0.177 e. The van der Waals surface area contributed by atoms with Crippen molar-refractivity contribution in [1.29, 1.82) is 0 Å². The Morgan fingerprint density at radius 1 is 1.25 bits per heavy atom. The number of aromatic nitrogens is 3. The molecule has 3 aromatic rings. The standard InChI is InChI=1S/C21H26FN9O/c1-32-19-3-2-16(9-18(19)22)31(25)21(29-24)17-8-13(10-27-20(17)23)14-11-28-30(12-14)15-4-6-26-7-5-15/h2-3,8-12,15,26H,4-7,24-25H2,1H3,(H2,23,27)/b29-21-. The van der Waals surface area contributed by atoms with E-state index < -0.39 is 5.82 Å². The summed E-state index contributed by atoms with van der Waals surface area (Å²) < 4.78 is 21.1. The molecule has 0 radical (unpaired) electrons. The van der Waals surface area contributed by atoms with Gasteiger partial charge < -0.3 is 21.6 Å². The molecule has 1 aliphatic rings. The lowest BCUT2D eigenvalue weighted by Gasteiger charge is -2.22. The average molecular weight is 439 g/mol. The number of hydrogen-bond donors (Lipinski definition) is 4. The van der Waals surface area contributed by atoms with Gasteiger partial charge >= 0.3 is 0 Å². The van der Waals surface area contributed by atoms with E-state index >= 15 is 0 Å². The zero-order chi connectivity index (χ0) is 22.7. The first-order valence-electron chi connectivity index (χ1n) is 10.2. The highest BCUT2D eigenvalue weighted by molar-refractivity contribution is 6.12. The predicted octanol–water partition coefficient (Wildman–Crippen LogP) is 1.60. The molecule has 3 heterocycles. The third-order valence-corrected chi connectivity index (χ3v) is 5.54. The van der Waals surface area contributed by atoms with Crippen LogP contribution in [0.1, 0.15) is 24.4 Å². The Bertz CT molecular complexity index is 1120. The van der Waals surface area contributed by atoms with Crippen LogP contribution in [0.2, 0.25) is 0 Å². The number of rotatable bonds is 5. The number of ether oxygens (including phenoxy) is 1. The van der Waals surface area contributed by atoms with Gasteiger partial charge in [-0.15, -0.1) is 0 Å². The number of piperidine rings is 1. The number of methoxy groups -OCH3 is 1. The molecule has 2 aromatic heterocycles. The van der Waals surface area contributed by atoms with Crippen LogP contribution in [0.15, 0.2) is 48.0 Å². The van der Waals surface area contributed by atoms with E-state index in [9.17, 15) is 4.39 Å². The van der Waals surface area contributed by atoms with Crippen LogP contribution >= 0.6 is 0 Å². The quantitative estimate of drug-likeness (QED) is 0.203. The highest BCUT2D eigenvalue weighted by Gasteiger charge is 2.20. The molecule has 4 rings (SSSR count). The zero-order valence-corrected chi connectivity index (χ0v) is 17.7. The normalized spacial score (nSPS) is 15.0. The van der Waals surface area contributed by atoms with Crippen molar-refractivity contribution in [2.75, 3.05) is 30.9 Å². The lowest BCUT2D eigenvalue weighted by atomic mass is 10.1. The van der Waals surface area contributed by atoms with Crippen molar-refractivity contribution in [2.24, 2.45) is 16.8 Å². The van der Waals surface area contributed by atoms with Gasteiger partial charge in [0, 0.05) is 29.6 Å². The summed E-state index contributed by atoms with van der Waals surface area (Å²) in [6.07, 6.45) is 7.49.